The molecule has 0 saturated heterocycles. The Bertz CT molecular complexity index is 423. The molecule has 1 aromatic carbocycles. The normalized spacial score (nSPS) is 17.9. The average Bonchev–Trinajstić information content (AvgIpc) is 2.73. The molecule has 0 heterocycles. The minimum absolute atomic E-state index is 0.389. The van der Waals surface area contributed by atoms with Gasteiger partial charge in [0.25, 0.3) is 0 Å². The second kappa shape index (κ2) is 7.14. The Labute approximate surface area is 115 Å². The van der Waals surface area contributed by atoms with E-state index in [0.29, 0.717) is 6.04 Å². The summed E-state index contributed by atoms with van der Waals surface area (Å²) in [6.07, 6.45) is 7.52. The highest BCUT2D eigenvalue weighted by atomic mass is 16.5. The molecule has 1 aliphatic rings. The summed E-state index contributed by atoms with van der Waals surface area (Å²) in [5.74, 6) is 7.21. The summed E-state index contributed by atoms with van der Waals surface area (Å²) in [5.41, 5.74) is 3.71. The summed E-state index contributed by atoms with van der Waals surface area (Å²) >= 11 is 0. The van der Waals surface area contributed by atoms with Crippen molar-refractivity contribution in [3.63, 3.8) is 0 Å². The van der Waals surface area contributed by atoms with Gasteiger partial charge in [-0.2, -0.15) is 0 Å². The van der Waals surface area contributed by atoms with Crippen LogP contribution in [0.1, 0.15) is 44.1 Å². The number of hydrogen-bond acceptors (Lipinski definition) is 3. The van der Waals surface area contributed by atoms with Crippen LogP contribution < -0.4 is 16.0 Å². The van der Waals surface area contributed by atoms with Gasteiger partial charge in [-0.15, -0.1) is 0 Å². The maximum Gasteiger partial charge on any atom is 0.142 e. The Morgan fingerprint density at radius 2 is 2.00 bits per heavy atom. The first-order valence-corrected chi connectivity index (χ1v) is 7.02. The van der Waals surface area contributed by atoms with Crippen LogP contribution >= 0.6 is 0 Å². The summed E-state index contributed by atoms with van der Waals surface area (Å²) in [5, 5.41) is 0. The van der Waals surface area contributed by atoms with E-state index in [2.05, 4.69) is 5.43 Å². The maximum atomic E-state index is 5.63. The van der Waals surface area contributed by atoms with Crippen molar-refractivity contribution in [3.05, 3.63) is 29.8 Å². The predicted octanol–water partition coefficient (Wildman–Crippen LogP) is 2.63. The predicted molar refractivity (Wildman–Crippen MR) is 78.3 cm³/mol. The highest BCUT2D eigenvalue weighted by Crippen LogP contribution is 2.21. The number of aliphatic imine (C=N–C) groups is 1. The first-order chi connectivity index (χ1) is 9.33. The smallest absolute Gasteiger partial charge is 0.142 e. The van der Waals surface area contributed by atoms with Gasteiger partial charge in [0, 0.05) is 5.56 Å². The molecular formula is C15H23N3O. The molecule has 104 valence electrons. The molecule has 1 saturated carbocycles. The number of nitrogens with one attached hydrogen (secondary N) is 1. The molecule has 1 aliphatic carbocycles. The van der Waals surface area contributed by atoms with E-state index in [1.165, 1.54) is 25.7 Å². The van der Waals surface area contributed by atoms with Gasteiger partial charge in [0.1, 0.15) is 11.6 Å². The van der Waals surface area contributed by atoms with Crippen molar-refractivity contribution >= 4 is 5.84 Å². The number of hydrogen-bond donors (Lipinski definition) is 2. The van der Waals surface area contributed by atoms with Crippen molar-refractivity contribution in [1.82, 2.24) is 5.43 Å². The molecule has 4 nitrogen and oxygen atoms in total. The van der Waals surface area contributed by atoms with Gasteiger partial charge in [0.05, 0.1) is 13.2 Å². The molecule has 0 amide bonds. The number of rotatable bonds is 3. The summed E-state index contributed by atoms with van der Waals surface area (Å²) < 4.78 is 5.24. The summed E-state index contributed by atoms with van der Waals surface area (Å²) in [7, 11) is 1.66. The summed E-state index contributed by atoms with van der Waals surface area (Å²) in [6.45, 7) is 0. The van der Waals surface area contributed by atoms with E-state index in [-0.39, 0.29) is 0 Å². The topological polar surface area (TPSA) is 59.6 Å². The van der Waals surface area contributed by atoms with Gasteiger partial charge < -0.3 is 10.2 Å². The van der Waals surface area contributed by atoms with E-state index in [0.717, 1.165) is 30.0 Å². The Balaban J connectivity index is 2.17. The minimum atomic E-state index is 0.389. The SMILES string of the molecule is COc1cccc(C(=NC2CCCCCC2)NN)c1. The van der Waals surface area contributed by atoms with Crippen LogP contribution in [0.5, 0.6) is 5.75 Å². The van der Waals surface area contributed by atoms with Gasteiger partial charge in [0.2, 0.25) is 0 Å². The quantitative estimate of drug-likeness (QED) is 0.289. The van der Waals surface area contributed by atoms with Crippen molar-refractivity contribution < 1.29 is 4.74 Å². The van der Waals surface area contributed by atoms with E-state index in [1.807, 2.05) is 24.3 Å². The van der Waals surface area contributed by atoms with Crippen LogP contribution in [-0.4, -0.2) is 19.0 Å². The third kappa shape index (κ3) is 3.96. The van der Waals surface area contributed by atoms with E-state index in [1.54, 1.807) is 7.11 Å². The van der Waals surface area contributed by atoms with E-state index < -0.39 is 0 Å². The van der Waals surface area contributed by atoms with Gasteiger partial charge >= 0.3 is 0 Å². The Morgan fingerprint density at radius 1 is 1.26 bits per heavy atom. The van der Waals surface area contributed by atoms with Gasteiger partial charge in [-0.1, -0.05) is 37.8 Å². The molecule has 2 rings (SSSR count). The molecule has 0 radical (unpaired) electrons. The maximum absolute atomic E-state index is 5.63. The fourth-order valence-electron chi connectivity index (χ4n) is 2.53. The van der Waals surface area contributed by atoms with Gasteiger partial charge in [-0.25, -0.2) is 5.84 Å². The van der Waals surface area contributed by atoms with Crippen molar-refractivity contribution in [2.75, 3.05) is 7.11 Å². The second-order valence-corrected chi connectivity index (χ2v) is 5.00. The van der Waals surface area contributed by atoms with Crippen LogP contribution in [0, 0.1) is 0 Å². The minimum Gasteiger partial charge on any atom is -0.497 e. The molecule has 4 heteroatoms. The number of ether oxygens (including phenoxy) is 1. The zero-order chi connectivity index (χ0) is 13.5. The highest BCUT2D eigenvalue weighted by Gasteiger charge is 2.13. The zero-order valence-electron chi connectivity index (χ0n) is 11.6. The molecule has 0 aromatic heterocycles. The molecule has 0 aliphatic heterocycles. The van der Waals surface area contributed by atoms with Crippen molar-refractivity contribution in [2.24, 2.45) is 10.8 Å². The Kier molecular flexibility index (Phi) is 5.21. The summed E-state index contributed by atoms with van der Waals surface area (Å²) in [4.78, 5) is 4.78. The lowest BCUT2D eigenvalue weighted by molar-refractivity contribution is 0.414. The van der Waals surface area contributed by atoms with Crippen LogP contribution in [0.3, 0.4) is 0 Å². The molecule has 1 aromatic rings. The van der Waals surface area contributed by atoms with Crippen LogP contribution in [0.4, 0.5) is 0 Å². The van der Waals surface area contributed by atoms with Crippen LogP contribution in [0.25, 0.3) is 0 Å². The molecule has 3 N–H and O–H groups in total. The fourth-order valence-corrected chi connectivity index (χ4v) is 2.53. The van der Waals surface area contributed by atoms with E-state index in [4.69, 9.17) is 15.6 Å². The highest BCUT2D eigenvalue weighted by molar-refractivity contribution is 5.98. The number of benzene rings is 1. The molecule has 19 heavy (non-hydrogen) atoms. The number of amidine groups is 1. The molecule has 0 atom stereocenters. The third-order valence-corrected chi connectivity index (χ3v) is 3.62. The van der Waals surface area contributed by atoms with E-state index in [9.17, 15) is 0 Å². The third-order valence-electron chi connectivity index (χ3n) is 3.62. The molecule has 0 bridgehead atoms. The summed E-state index contributed by atoms with van der Waals surface area (Å²) in [6, 6.07) is 8.21. The lowest BCUT2D eigenvalue weighted by Gasteiger charge is -2.13. The molecule has 0 unspecified atom stereocenters. The van der Waals surface area contributed by atoms with Crippen LogP contribution in [0.2, 0.25) is 0 Å². The second-order valence-electron chi connectivity index (χ2n) is 5.00. The Hall–Kier alpha value is -1.55. The number of methoxy groups -OCH3 is 1. The lowest BCUT2D eigenvalue weighted by Crippen LogP contribution is -2.32. The first kappa shape index (κ1) is 13.9. The number of hydrazine groups is 1. The number of nitrogens with zero attached hydrogens (tertiary/aromatic N) is 1. The van der Waals surface area contributed by atoms with Crippen molar-refractivity contribution in [3.8, 4) is 5.75 Å². The number of nitrogens with two attached hydrogens (primary N) is 1. The Morgan fingerprint density at radius 3 is 2.63 bits per heavy atom. The zero-order valence-corrected chi connectivity index (χ0v) is 11.6. The molecular weight excluding hydrogens is 238 g/mol. The monoisotopic (exact) mass is 261 g/mol. The first-order valence-electron chi connectivity index (χ1n) is 7.02. The van der Waals surface area contributed by atoms with Gasteiger partial charge in [-0.3, -0.25) is 4.99 Å². The van der Waals surface area contributed by atoms with Crippen LogP contribution in [0.15, 0.2) is 29.3 Å². The molecule has 1 fully saturated rings. The fraction of sp³-hybridized carbons (Fsp3) is 0.533. The van der Waals surface area contributed by atoms with Gasteiger partial charge in [0.15, 0.2) is 0 Å². The lowest BCUT2D eigenvalue weighted by atomic mass is 10.1. The van der Waals surface area contributed by atoms with Crippen LogP contribution in [-0.2, 0) is 0 Å². The van der Waals surface area contributed by atoms with Gasteiger partial charge in [-0.05, 0) is 25.0 Å². The standard InChI is InChI=1S/C15H23N3O/c1-19-14-10-6-7-12(11-14)15(18-16)17-13-8-4-2-3-5-9-13/h6-7,10-11,13H,2-5,8-9,16H2,1H3,(H,17,18). The molecule has 0 spiro atoms. The van der Waals surface area contributed by atoms with Crippen molar-refractivity contribution in [1.29, 1.82) is 0 Å². The van der Waals surface area contributed by atoms with Crippen molar-refractivity contribution in [2.45, 2.75) is 44.6 Å². The van der Waals surface area contributed by atoms with E-state index >= 15 is 0 Å². The largest absolute Gasteiger partial charge is 0.497 e. The average molecular weight is 261 g/mol.